The number of hydrogen-bond acceptors (Lipinski definition) is 1. The van der Waals surface area contributed by atoms with E-state index in [4.69, 9.17) is 0 Å². The van der Waals surface area contributed by atoms with Gasteiger partial charge in [-0.1, -0.05) is 23.8 Å². The molecule has 0 aromatic rings. The van der Waals surface area contributed by atoms with Gasteiger partial charge in [-0.3, -0.25) is 4.79 Å². The number of carbonyl (C=O) groups is 1. The highest BCUT2D eigenvalue weighted by atomic mass is 32.3. The van der Waals surface area contributed by atoms with Crippen molar-refractivity contribution >= 4 is 15.8 Å². The molecule has 3 aliphatic rings. The van der Waals surface area contributed by atoms with Gasteiger partial charge in [0.2, 0.25) is 0 Å². The van der Waals surface area contributed by atoms with Crippen molar-refractivity contribution in [2.75, 3.05) is 18.8 Å². The van der Waals surface area contributed by atoms with Crippen molar-refractivity contribution in [3.63, 3.8) is 0 Å². The molecule has 0 radical (unpaired) electrons. The van der Waals surface area contributed by atoms with Crippen molar-refractivity contribution in [3.05, 3.63) is 34.9 Å². The van der Waals surface area contributed by atoms with E-state index in [2.05, 4.69) is 43.9 Å². The third kappa shape index (κ3) is 1.65. The zero-order chi connectivity index (χ0) is 13.8. The maximum atomic E-state index is 12.8. The molecule has 0 bridgehead atoms. The van der Waals surface area contributed by atoms with Crippen LogP contribution in [0.2, 0.25) is 0 Å². The second kappa shape index (κ2) is 4.12. The Balaban J connectivity index is 2.20. The molecule has 19 heavy (non-hydrogen) atoms. The number of allylic oxidation sites excluding steroid dienone is 5. The number of fused-ring (bicyclic) bond motifs is 2. The number of carbonyl (C=O) groups excluding carboxylic acids is 1. The molecule has 0 N–H and O–H groups in total. The van der Waals surface area contributed by atoms with E-state index in [1.54, 1.807) is 0 Å². The molecule has 104 valence electrons. The molecule has 3 aliphatic carbocycles. The Morgan fingerprint density at radius 2 is 1.89 bits per heavy atom. The van der Waals surface area contributed by atoms with E-state index in [9.17, 15) is 4.79 Å². The van der Waals surface area contributed by atoms with E-state index in [-0.39, 0.29) is 10.7 Å². The fourth-order valence-electron chi connectivity index (χ4n) is 4.30. The topological polar surface area (TPSA) is 17.1 Å². The Labute approximate surface area is 118 Å². The quantitative estimate of drug-likeness (QED) is 0.661. The van der Waals surface area contributed by atoms with Crippen LogP contribution in [0.5, 0.6) is 0 Å². The zero-order valence-electron chi connectivity index (χ0n) is 12.5. The van der Waals surface area contributed by atoms with Gasteiger partial charge in [-0.2, -0.15) is 0 Å². The van der Waals surface area contributed by atoms with Crippen LogP contribution in [0.1, 0.15) is 32.6 Å². The van der Waals surface area contributed by atoms with Crippen LogP contribution in [0.15, 0.2) is 34.9 Å². The van der Waals surface area contributed by atoms with Crippen molar-refractivity contribution < 1.29 is 4.79 Å². The first-order chi connectivity index (χ1) is 8.88. The molecule has 0 aromatic heterocycles. The molecular weight excluding hydrogens is 252 g/mol. The first-order valence-electron chi connectivity index (χ1n) is 7.13. The Bertz CT molecular complexity index is 530. The summed E-state index contributed by atoms with van der Waals surface area (Å²) in [6.07, 6.45) is 17.9. The smallest absolute Gasteiger partial charge is 0.164 e. The largest absolute Gasteiger partial charge is 0.294 e. The summed E-state index contributed by atoms with van der Waals surface area (Å²) in [7, 11) is -0.814. The normalized spacial score (nSPS) is 35.1. The molecule has 0 amide bonds. The number of Topliss-reactive ketones (excluding diaryl/α,β-unsaturated/α-hetero) is 1. The van der Waals surface area contributed by atoms with Gasteiger partial charge in [0.05, 0.1) is 0 Å². The highest BCUT2D eigenvalue weighted by Crippen LogP contribution is 2.67. The Hall–Kier alpha value is -0.760. The van der Waals surface area contributed by atoms with Crippen LogP contribution in [-0.2, 0) is 4.79 Å². The second-order valence-electron chi connectivity index (χ2n) is 6.94. The van der Waals surface area contributed by atoms with Crippen LogP contribution >= 0.6 is 10.0 Å². The highest BCUT2D eigenvalue weighted by Gasteiger charge is 2.57. The molecule has 0 saturated carbocycles. The molecule has 2 atom stereocenters. The van der Waals surface area contributed by atoms with E-state index < -0.39 is 10.0 Å². The summed E-state index contributed by atoms with van der Waals surface area (Å²) >= 11 is 0. The van der Waals surface area contributed by atoms with Crippen LogP contribution in [0.4, 0.5) is 0 Å². The van der Waals surface area contributed by atoms with Crippen LogP contribution in [0.3, 0.4) is 0 Å². The summed E-state index contributed by atoms with van der Waals surface area (Å²) in [4.78, 5) is 12.8. The molecule has 3 rings (SSSR count). The van der Waals surface area contributed by atoms with Crippen molar-refractivity contribution in [1.29, 1.82) is 0 Å². The Kier molecular flexibility index (Phi) is 2.87. The Morgan fingerprint density at radius 1 is 1.21 bits per heavy atom. The monoisotopic (exact) mass is 276 g/mol. The lowest BCUT2D eigenvalue weighted by Gasteiger charge is -2.53. The molecule has 0 heterocycles. The fourth-order valence-corrected chi connectivity index (χ4v) is 6.97. The van der Waals surface area contributed by atoms with Crippen molar-refractivity contribution in [3.8, 4) is 0 Å². The lowest BCUT2D eigenvalue weighted by atomic mass is 9.77. The van der Waals surface area contributed by atoms with Gasteiger partial charge >= 0.3 is 0 Å². The molecule has 0 aromatic carbocycles. The van der Waals surface area contributed by atoms with Crippen LogP contribution in [0.25, 0.3) is 0 Å². The third-order valence-electron chi connectivity index (χ3n) is 5.20. The van der Waals surface area contributed by atoms with E-state index in [0.29, 0.717) is 5.78 Å². The van der Waals surface area contributed by atoms with Gasteiger partial charge in [-0.25, -0.2) is 10.0 Å². The molecule has 0 aliphatic heterocycles. The molecule has 2 heteroatoms. The van der Waals surface area contributed by atoms with Gasteiger partial charge in [0, 0.05) is 16.2 Å². The predicted octanol–water partition coefficient (Wildman–Crippen LogP) is 4.00. The minimum Gasteiger partial charge on any atom is -0.294 e. The molecule has 0 fully saturated rings. The predicted molar refractivity (Wildman–Crippen MR) is 85.0 cm³/mol. The van der Waals surface area contributed by atoms with Crippen molar-refractivity contribution in [2.24, 2.45) is 5.92 Å². The third-order valence-corrected chi connectivity index (χ3v) is 8.06. The van der Waals surface area contributed by atoms with Gasteiger partial charge in [-0.15, -0.1) is 0 Å². The number of ketones is 1. The minimum absolute atomic E-state index is 0.156. The van der Waals surface area contributed by atoms with Gasteiger partial charge in [0.25, 0.3) is 0 Å². The standard InChI is InChI=1S/C17H24OS/c1-12-9-10-15-16(18)13-7-5-6-8-14(13)17(15,11-12)19(2,3)4/h5-6,9,15H,7-8,10-11H2,1-4H3/t15-,17-/m0/s1. The van der Waals surface area contributed by atoms with E-state index in [1.807, 2.05) is 0 Å². The maximum Gasteiger partial charge on any atom is 0.164 e. The molecule has 0 unspecified atom stereocenters. The molecule has 1 nitrogen and oxygen atoms in total. The second-order valence-corrected chi connectivity index (χ2v) is 11.3. The van der Waals surface area contributed by atoms with E-state index in [0.717, 1.165) is 31.3 Å². The lowest BCUT2D eigenvalue weighted by Crippen LogP contribution is -2.44. The maximum absolute atomic E-state index is 12.8. The first-order valence-corrected chi connectivity index (χ1v) is 9.99. The summed E-state index contributed by atoms with van der Waals surface area (Å²) < 4.78 is 0.156. The number of rotatable bonds is 1. The highest BCUT2D eigenvalue weighted by molar-refractivity contribution is 8.33. The van der Waals surface area contributed by atoms with Crippen LogP contribution < -0.4 is 0 Å². The van der Waals surface area contributed by atoms with Gasteiger partial charge in [-0.05, 0) is 56.9 Å². The lowest BCUT2D eigenvalue weighted by molar-refractivity contribution is -0.118. The van der Waals surface area contributed by atoms with Crippen molar-refractivity contribution in [1.82, 2.24) is 0 Å². The summed E-state index contributed by atoms with van der Waals surface area (Å²) in [5, 5.41) is 0. The molecule has 0 spiro atoms. The van der Waals surface area contributed by atoms with E-state index >= 15 is 0 Å². The molecule has 0 saturated heterocycles. The van der Waals surface area contributed by atoms with Gasteiger partial charge < -0.3 is 0 Å². The number of hydrogen-bond donors (Lipinski definition) is 0. The summed E-state index contributed by atoms with van der Waals surface area (Å²) in [6, 6.07) is 0. The average Bonchev–Trinajstić information content (AvgIpc) is 2.61. The summed E-state index contributed by atoms with van der Waals surface area (Å²) in [5.74, 6) is 0.696. The van der Waals surface area contributed by atoms with Crippen molar-refractivity contribution in [2.45, 2.75) is 37.4 Å². The van der Waals surface area contributed by atoms with Gasteiger partial charge in [0.1, 0.15) is 0 Å². The summed E-state index contributed by atoms with van der Waals surface area (Å²) in [5.41, 5.74) is 4.15. The van der Waals surface area contributed by atoms with E-state index in [1.165, 1.54) is 11.1 Å². The van der Waals surface area contributed by atoms with Gasteiger partial charge in [0.15, 0.2) is 5.78 Å². The molecular formula is C17H24OS. The van der Waals surface area contributed by atoms with Crippen LogP contribution in [-0.4, -0.2) is 29.3 Å². The zero-order valence-corrected chi connectivity index (χ0v) is 13.3. The first kappa shape index (κ1) is 13.2. The fraction of sp³-hybridized carbons (Fsp3) is 0.588. The summed E-state index contributed by atoms with van der Waals surface area (Å²) in [6.45, 7) is 2.24. The SMILES string of the molecule is CC1=CC[C@H]2C(=O)C3=C(CC=CC3)[C@@]2(S(C)(C)C)C1. The average molecular weight is 276 g/mol. The van der Waals surface area contributed by atoms with Crippen LogP contribution in [0, 0.1) is 5.92 Å². The minimum atomic E-state index is -0.814. The Morgan fingerprint density at radius 3 is 2.58 bits per heavy atom.